The molecule has 2 aromatic rings. The molecule has 0 spiro atoms. The third kappa shape index (κ3) is 3.26. The van der Waals surface area contributed by atoms with Gasteiger partial charge in [0.2, 0.25) is 0 Å². The number of nitrogens with zero attached hydrogens (tertiary/aromatic N) is 2. The number of rotatable bonds is 2. The van der Waals surface area contributed by atoms with E-state index in [9.17, 15) is 13.2 Å². The van der Waals surface area contributed by atoms with Crippen LogP contribution in [0, 0.1) is 18.3 Å². The molecule has 1 aromatic heterocycles. The van der Waals surface area contributed by atoms with Crippen molar-refractivity contribution in [1.82, 2.24) is 4.98 Å². The number of pyridine rings is 1. The Morgan fingerprint density at radius 2 is 1.85 bits per heavy atom. The van der Waals surface area contributed by atoms with Crippen LogP contribution in [0.25, 0.3) is 11.1 Å². The molecule has 0 N–H and O–H groups in total. The van der Waals surface area contributed by atoms with Gasteiger partial charge in [-0.05, 0) is 30.7 Å². The minimum atomic E-state index is -4.82. The molecule has 0 aliphatic rings. The zero-order valence-corrected chi connectivity index (χ0v) is 10.4. The van der Waals surface area contributed by atoms with Crippen LogP contribution in [0.3, 0.4) is 0 Å². The minimum absolute atomic E-state index is 0.180. The summed E-state index contributed by atoms with van der Waals surface area (Å²) >= 11 is 0. The largest absolute Gasteiger partial charge is 0.573 e. The van der Waals surface area contributed by atoms with Crippen molar-refractivity contribution in [3.8, 4) is 22.9 Å². The first-order valence-electron chi connectivity index (χ1n) is 5.62. The third-order valence-electron chi connectivity index (χ3n) is 2.57. The van der Waals surface area contributed by atoms with Crippen molar-refractivity contribution >= 4 is 0 Å². The monoisotopic (exact) mass is 278 g/mol. The molecular formula is C14H9F3N2O. The standard InChI is InChI=1S/C14H9F3N2O/c1-9-2-3-11(8-19-9)10-4-5-13(12(6-10)7-18)20-14(15,16)17/h2-6,8H,1H3. The Balaban J connectivity index is 2.39. The smallest absolute Gasteiger partial charge is 0.404 e. The first-order valence-corrected chi connectivity index (χ1v) is 5.62. The fraction of sp³-hybridized carbons (Fsp3) is 0.143. The Bertz CT molecular complexity index is 658. The number of benzene rings is 1. The summed E-state index contributed by atoms with van der Waals surface area (Å²) in [6, 6.07) is 9.17. The Hall–Kier alpha value is -2.55. The van der Waals surface area contributed by atoms with E-state index in [0.717, 1.165) is 11.8 Å². The fourth-order valence-electron chi connectivity index (χ4n) is 1.65. The summed E-state index contributed by atoms with van der Waals surface area (Å²) in [5.41, 5.74) is 1.96. The van der Waals surface area contributed by atoms with Gasteiger partial charge in [0.05, 0.1) is 5.56 Å². The van der Waals surface area contributed by atoms with Crippen LogP contribution in [-0.2, 0) is 0 Å². The predicted molar refractivity (Wildman–Crippen MR) is 65.8 cm³/mol. The molecule has 6 heteroatoms. The van der Waals surface area contributed by atoms with Crippen LogP contribution < -0.4 is 4.74 Å². The lowest BCUT2D eigenvalue weighted by molar-refractivity contribution is -0.274. The van der Waals surface area contributed by atoms with E-state index in [1.54, 1.807) is 24.4 Å². The first-order chi connectivity index (χ1) is 9.39. The van der Waals surface area contributed by atoms with Crippen LogP contribution in [-0.4, -0.2) is 11.3 Å². The molecule has 0 fully saturated rings. The second kappa shape index (κ2) is 5.21. The third-order valence-corrected chi connectivity index (χ3v) is 2.57. The summed E-state index contributed by atoms with van der Waals surface area (Å²) in [5.74, 6) is -0.510. The topological polar surface area (TPSA) is 45.9 Å². The molecule has 0 unspecified atom stereocenters. The van der Waals surface area contributed by atoms with Gasteiger partial charge in [0.1, 0.15) is 11.8 Å². The van der Waals surface area contributed by atoms with Crippen molar-refractivity contribution in [1.29, 1.82) is 5.26 Å². The van der Waals surface area contributed by atoms with Crippen LogP contribution >= 0.6 is 0 Å². The molecule has 2 rings (SSSR count). The van der Waals surface area contributed by atoms with Gasteiger partial charge < -0.3 is 4.74 Å². The highest BCUT2D eigenvalue weighted by molar-refractivity contribution is 5.66. The Labute approximate surface area is 113 Å². The second-order valence-corrected chi connectivity index (χ2v) is 4.06. The summed E-state index contributed by atoms with van der Waals surface area (Å²) < 4.78 is 40.3. The molecule has 0 aliphatic carbocycles. The second-order valence-electron chi connectivity index (χ2n) is 4.06. The Morgan fingerprint density at radius 1 is 1.15 bits per heavy atom. The summed E-state index contributed by atoms with van der Waals surface area (Å²) in [6.45, 7) is 1.82. The molecule has 20 heavy (non-hydrogen) atoms. The molecular weight excluding hydrogens is 269 g/mol. The highest BCUT2D eigenvalue weighted by Gasteiger charge is 2.32. The maximum Gasteiger partial charge on any atom is 0.573 e. The number of ether oxygens (including phenoxy) is 1. The molecule has 0 amide bonds. The number of nitriles is 1. The first kappa shape index (κ1) is 13.9. The van der Waals surface area contributed by atoms with Gasteiger partial charge in [-0.25, -0.2) is 0 Å². The average molecular weight is 278 g/mol. The molecule has 1 heterocycles. The number of hydrogen-bond acceptors (Lipinski definition) is 3. The molecule has 3 nitrogen and oxygen atoms in total. The lowest BCUT2D eigenvalue weighted by atomic mass is 10.0. The number of alkyl halides is 3. The summed E-state index contributed by atoms with van der Waals surface area (Å²) in [5, 5.41) is 8.92. The fourth-order valence-corrected chi connectivity index (χ4v) is 1.65. The molecule has 0 saturated carbocycles. The minimum Gasteiger partial charge on any atom is -0.404 e. The normalized spacial score (nSPS) is 10.9. The van der Waals surface area contributed by atoms with Gasteiger partial charge >= 0.3 is 6.36 Å². The van der Waals surface area contributed by atoms with Crippen molar-refractivity contribution in [3.05, 3.63) is 47.8 Å². The highest BCUT2D eigenvalue weighted by Crippen LogP contribution is 2.30. The van der Waals surface area contributed by atoms with Crippen LogP contribution in [0.4, 0.5) is 13.2 Å². The van der Waals surface area contributed by atoms with E-state index in [1.807, 2.05) is 6.92 Å². The zero-order chi connectivity index (χ0) is 14.8. The lowest BCUT2D eigenvalue weighted by Crippen LogP contribution is -2.17. The number of aryl methyl sites for hydroxylation is 1. The van der Waals surface area contributed by atoms with E-state index in [1.165, 1.54) is 12.1 Å². The van der Waals surface area contributed by atoms with Crippen molar-refractivity contribution in [2.75, 3.05) is 0 Å². The van der Waals surface area contributed by atoms with Crippen molar-refractivity contribution in [2.24, 2.45) is 0 Å². The van der Waals surface area contributed by atoms with E-state index in [2.05, 4.69) is 9.72 Å². The van der Waals surface area contributed by atoms with E-state index < -0.39 is 12.1 Å². The number of aromatic nitrogens is 1. The van der Waals surface area contributed by atoms with Crippen molar-refractivity contribution in [3.63, 3.8) is 0 Å². The quantitative estimate of drug-likeness (QED) is 0.838. The summed E-state index contributed by atoms with van der Waals surface area (Å²) in [7, 11) is 0. The van der Waals surface area contributed by atoms with Crippen LogP contribution in [0.5, 0.6) is 5.75 Å². The Kier molecular flexibility index (Phi) is 3.61. The molecule has 1 aromatic carbocycles. The Morgan fingerprint density at radius 3 is 2.40 bits per heavy atom. The maximum atomic E-state index is 12.2. The molecule has 0 radical (unpaired) electrons. The summed E-state index contributed by atoms with van der Waals surface area (Å²) in [4.78, 5) is 4.10. The summed E-state index contributed by atoms with van der Waals surface area (Å²) in [6.07, 6.45) is -3.23. The van der Waals surface area contributed by atoms with E-state index >= 15 is 0 Å². The molecule has 0 bridgehead atoms. The molecule has 102 valence electrons. The van der Waals surface area contributed by atoms with Crippen molar-refractivity contribution < 1.29 is 17.9 Å². The van der Waals surface area contributed by atoms with Crippen LogP contribution in [0.2, 0.25) is 0 Å². The van der Waals surface area contributed by atoms with Crippen molar-refractivity contribution in [2.45, 2.75) is 13.3 Å². The van der Waals surface area contributed by atoms with Crippen LogP contribution in [0.1, 0.15) is 11.3 Å². The van der Waals surface area contributed by atoms with Gasteiger partial charge in [0.25, 0.3) is 0 Å². The van der Waals surface area contributed by atoms with Gasteiger partial charge in [0, 0.05) is 17.5 Å². The van der Waals surface area contributed by atoms with E-state index in [-0.39, 0.29) is 5.56 Å². The van der Waals surface area contributed by atoms with Gasteiger partial charge in [-0.15, -0.1) is 13.2 Å². The van der Waals surface area contributed by atoms with Gasteiger partial charge in [-0.1, -0.05) is 12.1 Å². The average Bonchev–Trinajstić information content (AvgIpc) is 2.38. The lowest BCUT2D eigenvalue weighted by Gasteiger charge is -2.11. The maximum absolute atomic E-state index is 12.2. The number of hydrogen-bond donors (Lipinski definition) is 0. The van der Waals surface area contributed by atoms with Gasteiger partial charge in [-0.2, -0.15) is 5.26 Å². The molecule has 0 aliphatic heterocycles. The SMILES string of the molecule is Cc1ccc(-c2ccc(OC(F)(F)F)c(C#N)c2)cn1. The van der Waals surface area contributed by atoms with Gasteiger partial charge in [-0.3, -0.25) is 4.98 Å². The van der Waals surface area contributed by atoms with E-state index in [4.69, 9.17) is 5.26 Å². The number of halogens is 3. The molecule has 0 saturated heterocycles. The predicted octanol–water partition coefficient (Wildman–Crippen LogP) is 3.83. The molecule has 0 atom stereocenters. The van der Waals surface area contributed by atoms with E-state index in [0.29, 0.717) is 11.1 Å². The highest BCUT2D eigenvalue weighted by atomic mass is 19.4. The van der Waals surface area contributed by atoms with Gasteiger partial charge in [0.15, 0.2) is 0 Å². The van der Waals surface area contributed by atoms with Crippen LogP contribution in [0.15, 0.2) is 36.5 Å². The zero-order valence-electron chi connectivity index (χ0n) is 10.4.